The van der Waals surface area contributed by atoms with Crippen molar-refractivity contribution in [2.45, 2.75) is 6.42 Å². The molecule has 0 atom stereocenters. The van der Waals surface area contributed by atoms with Gasteiger partial charge in [0, 0.05) is 25.1 Å². The Hall–Kier alpha value is -1.95. The zero-order chi connectivity index (χ0) is 14.0. The summed E-state index contributed by atoms with van der Waals surface area (Å²) >= 11 is 0. The fourth-order valence-corrected chi connectivity index (χ4v) is 1.93. The lowest BCUT2D eigenvalue weighted by Gasteiger charge is -2.07. The number of hydrogen-bond donors (Lipinski definition) is 1. The predicted octanol–water partition coefficient (Wildman–Crippen LogP) is 1.88. The third-order valence-corrected chi connectivity index (χ3v) is 2.85. The summed E-state index contributed by atoms with van der Waals surface area (Å²) in [6.45, 7) is 0.454. The van der Waals surface area contributed by atoms with Crippen molar-refractivity contribution in [3.05, 3.63) is 35.5 Å². The Morgan fingerprint density at radius 2 is 2.00 bits per heavy atom. The Morgan fingerprint density at radius 3 is 2.63 bits per heavy atom. The topological polar surface area (TPSA) is 53.1 Å². The van der Waals surface area contributed by atoms with E-state index in [1.807, 2.05) is 0 Å². The number of aryl methyl sites for hydroxylation is 1. The number of benzene rings is 1. The maximum Gasteiger partial charge on any atom is 0.165 e. The minimum absolute atomic E-state index is 0.120. The molecule has 0 aliphatic rings. The van der Waals surface area contributed by atoms with Crippen molar-refractivity contribution < 1.29 is 13.5 Å². The van der Waals surface area contributed by atoms with Crippen LogP contribution < -0.4 is 10.5 Å². The van der Waals surface area contributed by atoms with E-state index in [-0.39, 0.29) is 11.3 Å². The van der Waals surface area contributed by atoms with Crippen LogP contribution in [0.15, 0.2) is 18.2 Å². The lowest BCUT2D eigenvalue weighted by atomic mass is 10.1. The summed E-state index contributed by atoms with van der Waals surface area (Å²) in [5.74, 6) is -1.29. The van der Waals surface area contributed by atoms with Crippen molar-refractivity contribution in [2.24, 2.45) is 12.8 Å². The minimum atomic E-state index is -0.611. The van der Waals surface area contributed by atoms with Crippen LogP contribution in [-0.4, -0.2) is 23.4 Å². The van der Waals surface area contributed by atoms with Gasteiger partial charge in [-0.05, 0) is 18.7 Å². The molecule has 2 rings (SSSR count). The highest BCUT2D eigenvalue weighted by molar-refractivity contribution is 5.62. The fraction of sp³-hybridized carbons (Fsp3) is 0.308. The molecule has 0 fully saturated rings. The van der Waals surface area contributed by atoms with E-state index in [4.69, 9.17) is 10.5 Å². The summed E-state index contributed by atoms with van der Waals surface area (Å²) in [5, 5.41) is 4.21. The molecule has 0 aliphatic heterocycles. The predicted molar refractivity (Wildman–Crippen MR) is 67.9 cm³/mol. The molecule has 0 amide bonds. The first-order valence-electron chi connectivity index (χ1n) is 5.83. The van der Waals surface area contributed by atoms with E-state index in [2.05, 4.69) is 5.10 Å². The second kappa shape index (κ2) is 5.36. The van der Waals surface area contributed by atoms with E-state index < -0.39 is 11.6 Å². The Kier molecular flexibility index (Phi) is 3.80. The molecule has 1 aromatic carbocycles. The lowest BCUT2D eigenvalue weighted by Crippen LogP contribution is -2.03. The van der Waals surface area contributed by atoms with Crippen LogP contribution in [0.25, 0.3) is 11.3 Å². The molecule has 0 saturated carbocycles. The number of ether oxygens (including phenoxy) is 1. The first kappa shape index (κ1) is 13.5. The molecule has 4 nitrogen and oxygen atoms in total. The van der Waals surface area contributed by atoms with Crippen LogP contribution in [0.3, 0.4) is 0 Å². The molecular formula is C13H15F2N3O. The van der Waals surface area contributed by atoms with Crippen LogP contribution in [0.5, 0.6) is 5.75 Å². The van der Waals surface area contributed by atoms with E-state index >= 15 is 0 Å². The van der Waals surface area contributed by atoms with Crippen LogP contribution in [0.2, 0.25) is 0 Å². The molecule has 2 aromatic rings. The van der Waals surface area contributed by atoms with Gasteiger partial charge in [-0.1, -0.05) is 0 Å². The summed E-state index contributed by atoms with van der Waals surface area (Å²) < 4.78 is 33.9. The van der Waals surface area contributed by atoms with Crippen molar-refractivity contribution in [1.82, 2.24) is 9.78 Å². The number of aromatic nitrogens is 2. The summed E-state index contributed by atoms with van der Waals surface area (Å²) in [6.07, 6.45) is 0.591. The van der Waals surface area contributed by atoms with Gasteiger partial charge in [0.05, 0.1) is 18.5 Å². The van der Waals surface area contributed by atoms with Gasteiger partial charge in [-0.25, -0.2) is 8.78 Å². The summed E-state index contributed by atoms with van der Waals surface area (Å²) in [6, 6.07) is 3.84. The fourth-order valence-electron chi connectivity index (χ4n) is 1.93. The number of nitrogens with two attached hydrogens (primary N) is 1. The van der Waals surface area contributed by atoms with Crippen LogP contribution in [0, 0.1) is 11.6 Å². The molecule has 1 heterocycles. The van der Waals surface area contributed by atoms with Gasteiger partial charge in [-0.3, -0.25) is 4.68 Å². The quantitative estimate of drug-likeness (QED) is 0.920. The molecule has 0 spiro atoms. The van der Waals surface area contributed by atoms with Crippen molar-refractivity contribution in [3.8, 4) is 17.0 Å². The molecule has 19 heavy (non-hydrogen) atoms. The number of rotatable bonds is 4. The second-order valence-electron chi connectivity index (χ2n) is 4.15. The normalized spacial score (nSPS) is 10.8. The molecule has 102 valence electrons. The molecular weight excluding hydrogens is 252 g/mol. The van der Waals surface area contributed by atoms with Crippen molar-refractivity contribution in [1.29, 1.82) is 0 Å². The molecule has 0 saturated heterocycles. The smallest absolute Gasteiger partial charge is 0.165 e. The molecule has 0 radical (unpaired) electrons. The van der Waals surface area contributed by atoms with Crippen LogP contribution in [0.4, 0.5) is 8.78 Å². The molecule has 2 N–H and O–H groups in total. The molecule has 1 aromatic heterocycles. The molecule has 6 heteroatoms. The summed E-state index contributed by atoms with van der Waals surface area (Å²) in [5.41, 5.74) is 6.85. The van der Waals surface area contributed by atoms with Gasteiger partial charge in [-0.15, -0.1) is 0 Å². The standard InChI is InChI=1S/C13H15F2N3O/c1-18-12(5-8(17-18)3-4-16)9-6-11(15)13(19-2)7-10(9)14/h5-7H,3-4,16H2,1-2H3. The van der Waals surface area contributed by atoms with E-state index in [1.54, 1.807) is 13.1 Å². The summed E-state index contributed by atoms with van der Waals surface area (Å²) in [7, 11) is 2.97. The maximum absolute atomic E-state index is 14.0. The van der Waals surface area contributed by atoms with Crippen LogP contribution >= 0.6 is 0 Å². The van der Waals surface area contributed by atoms with E-state index in [9.17, 15) is 8.78 Å². The first-order chi connectivity index (χ1) is 9.06. The van der Waals surface area contributed by atoms with E-state index in [0.717, 1.165) is 17.8 Å². The van der Waals surface area contributed by atoms with Gasteiger partial charge in [0.1, 0.15) is 5.82 Å². The van der Waals surface area contributed by atoms with Crippen molar-refractivity contribution in [3.63, 3.8) is 0 Å². The third kappa shape index (κ3) is 2.58. The number of methoxy groups -OCH3 is 1. The Bertz CT molecular complexity index is 596. The van der Waals surface area contributed by atoms with Gasteiger partial charge < -0.3 is 10.5 Å². The molecule has 0 aliphatic carbocycles. The maximum atomic E-state index is 14.0. The number of halogens is 2. The van der Waals surface area contributed by atoms with Gasteiger partial charge in [-0.2, -0.15) is 5.10 Å². The van der Waals surface area contributed by atoms with Crippen LogP contribution in [-0.2, 0) is 13.5 Å². The van der Waals surface area contributed by atoms with Gasteiger partial charge in [0.25, 0.3) is 0 Å². The van der Waals surface area contributed by atoms with E-state index in [0.29, 0.717) is 18.7 Å². The Balaban J connectivity index is 2.49. The Morgan fingerprint density at radius 1 is 1.26 bits per heavy atom. The van der Waals surface area contributed by atoms with Crippen molar-refractivity contribution in [2.75, 3.05) is 13.7 Å². The average Bonchev–Trinajstić information content (AvgIpc) is 2.73. The molecule has 0 bridgehead atoms. The first-order valence-corrected chi connectivity index (χ1v) is 5.83. The zero-order valence-corrected chi connectivity index (χ0v) is 10.8. The summed E-state index contributed by atoms with van der Waals surface area (Å²) in [4.78, 5) is 0. The monoisotopic (exact) mass is 267 g/mol. The minimum Gasteiger partial charge on any atom is -0.494 e. The Labute approximate surface area is 109 Å². The van der Waals surface area contributed by atoms with Crippen molar-refractivity contribution >= 4 is 0 Å². The third-order valence-electron chi connectivity index (χ3n) is 2.85. The van der Waals surface area contributed by atoms with Gasteiger partial charge >= 0.3 is 0 Å². The highest BCUT2D eigenvalue weighted by Crippen LogP contribution is 2.29. The van der Waals surface area contributed by atoms with Gasteiger partial charge in [0.2, 0.25) is 0 Å². The van der Waals surface area contributed by atoms with Gasteiger partial charge in [0.15, 0.2) is 11.6 Å². The zero-order valence-electron chi connectivity index (χ0n) is 10.8. The van der Waals surface area contributed by atoms with E-state index in [1.165, 1.54) is 11.8 Å². The lowest BCUT2D eigenvalue weighted by molar-refractivity contribution is 0.383. The largest absolute Gasteiger partial charge is 0.494 e. The number of nitrogens with zero attached hydrogens (tertiary/aromatic N) is 2. The SMILES string of the molecule is COc1cc(F)c(-c2cc(CCN)nn2C)cc1F. The van der Waals surface area contributed by atoms with Crippen LogP contribution in [0.1, 0.15) is 5.69 Å². The second-order valence-corrected chi connectivity index (χ2v) is 4.15. The average molecular weight is 267 g/mol. The molecule has 0 unspecified atom stereocenters. The highest BCUT2D eigenvalue weighted by Gasteiger charge is 2.15. The highest BCUT2D eigenvalue weighted by atomic mass is 19.1. The number of hydrogen-bond acceptors (Lipinski definition) is 3.